The van der Waals surface area contributed by atoms with E-state index in [4.69, 9.17) is 0 Å². The first-order valence-corrected chi connectivity index (χ1v) is 8.20. The molecule has 1 aliphatic heterocycles. The quantitative estimate of drug-likeness (QED) is 0.849. The number of carboxylic acid groups (broad SMARTS) is 1. The molecule has 3 aliphatic rings. The number of thioether (sulfide) groups is 1. The molecule has 0 radical (unpaired) electrons. The van der Waals surface area contributed by atoms with Gasteiger partial charge in [0, 0.05) is 30.6 Å². The predicted octanol–water partition coefficient (Wildman–Crippen LogP) is 1.48. The summed E-state index contributed by atoms with van der Waals surface area (Å²) in [5.41, 5.74) is 0. The molecule has 0 aromatic heterocycles. The van der Waals surface area contributed by atoms with E-state index in [0.717, 1.165) is 25.1 Å². The lowest BCUT2D eigenvalue weighted by atomic mass is 10.2. The van der Waals surface area contributed by atoms with Crippen LogP contribution in [0, 0.1) is 5.92 Å². The highest BCUT2D eigenvalue weighted by molar-refractivity contribution is 7.99. The summed E-state index contributed by atoms with van der Waals surface area (Å²) in [5.74, 6) is 1.15. The van der Waals surface area contributed by atoms with Crippen LogP contribution < -0.4 is 0 Å². The van der Waals surface area contributed by atoms with Gasteiger partial charge in [-0.3, -0.25) is 0 Å². The van der Waals surface area contributed by atoms with E-state index in [9.17, 15) is 14.7 Å². The van der Waals surface area contributed by atoms with Crippen molar-refractivity contribution >= 4 is 23.8 Å². The van der Waals surface area contributed by atoms with Gasteiger partial charge in [0.1, 0.15) is 6.04 Å². The summed E-state index contributed by atoms with van der Waals surface area (Å²) in [5, 5.41) is 9.26. The molecule has 1 N–H and O–H groups in total. The summed E-state index contributed by atoms with van der Waals surface area (Å²) in [7, 11) is 0. The first-order valence-electron chi connectivity index (χ1n) is 7.04. The van der Waals surface area contributed by atoms with E-state index >= 15 is 0 Å². The molecule has 1 heterocycles. The topological polar surface area (TPSA) is 60.9 Å². The Labute approximate surface area is 117 Å². The van der Waals surface area contributed by atoms with Crippen molar-refractivity contribution in [1.82, 2.24) is 9.80 Å². The van der Waals surface area contributed by atoms with Crippen LogP contribution in [-0.2, 0) is 4.79 Å². The third-order valence-corrected chi connectivity index (χ3v) is 5.07. The molecule has 1 atom stereocenters. The SMILES string of the molecule is O=C(O)C1CSCCN1C(=O)N(CC1CC1)C1CC1. The highest BCUT2D eigenvalue weighted by Gasteiger charge is 2.41. The van der Waals surface area contributed by atoms with Gasteiger partial charge in [0.25, 0.3) is 0 Å². The summed E-state index contributed by atoms with van der Waals surface area (Å²) < 4.78 is 0. The molecule has 3 rings (SSSR count). The number of nitrogens with zero attached hydrogens (tertiary/aromatic N) is 2. The van der Waals surface area contributed by atoms with E-state index in [1.165, 1.54) is 12.8 Å². The standard InChI is InChI=1S/C13H20N2O3S/c16-12(17)11-8-19-6-5-14(11)13(18)15(10-3-4-10)7-9-1-2-9/h9-11H,1-8H2,(H,16,17). The third-order valence-electron chi connectivity index (χ3n) is 4.04. The van der Waals surface area contributed by atoms with Gasteiger partial charge in [-0.25, -0.2) is 9.59 Å². The number of hydrogen-bond donors (Lipinski definition) is 1. The van der Waals surface area contributed by atoms with Crippen molar-refractivity contribution < 1.29 is 14.7 Å². The Bertz CT molecular complexity index is 382. The van der Waals surface area contributed by atoms with Gasteiger partial charge in [-0.1, -0.05) is 0 Å². The summed E-state index contributed by atoms with van der Waals surface area (Å²) in [6, 6.07) is -0.314. The lowest BCUT2D eigenvalue weighted by Gasteiger charge is -2.37. The smallest absolute Gasteiger partial charge is 0.327 e. The van der Waals surface area contributed by atoms with E-state index < -0.39 is 12.0 Å². The number of hydrogen-bond acceptors (Lipinski definition) is 3. The number of carboxylic acids is 1. The fourth-order valence-electron chi connectivity index (χ4n) is 2.55. The second-order valence-electron chi connectivity index (χ2n) is 5.73. The second-order valence-corrected chi connectivity index (χ2v) is 6.88. The van der Waals surface area contributed by atoms with Gasteiger partial charge < -0.3 is 14.9 Å². The van der Waals surface area contributed by atoms with Crippen LogP contribution in [0.5, 0.6) is 0 Å². The number of carbonyl (C=O) groups is 2. The summed E-state index contributed by atoms with van der Waals surface area (Å²) in [4.78, 5) is 27.5. The Hall–Kier alpha value is -0.910. The highest BCUT2D eigenvalue weighted by Crippen LogP contribution is 2.36. The van der Waals surface area contributed by atoms with Crippen molar-refractivity contribution in [2.24, 2.45) is 5.92 Å². The number of urea groups is 1. The first kappa shape index (κ1) is 13.1. The van der Waals surface area contributed by atoms with Crippen LogP contribution in [0.1, 0.15) is 25.7 Å². The lowest BCUT2D eigenvalue weighted by molar-refractivity contribution is -0.141. The minimum absolute atomic E-state index is 0.0397. The average molecular weight is 284 g/mol. The molecule has 19 heavy (non-hydrogen) atoms. The molecular weight excluding hydrogens is 264 g/mol. The van der Waals surface area contributed by atoms with Gasteiger partial charge in [-0.05, 0) is 31.6 Å². The number of amides is 2. The van der Waals surface area contributed by atoms with Gasteiger partial charge in [-0.2, -0.15) is 11.8 Å². The Morgan fingerprint density at radius 3 is 2.58 bits per heavy atom. The Morgan fingerprint density at radius 2 is 2.00 bits per heavy atom. The van der Waals surface area contributed by atoms with Crippen LogP contribution >= 0.6 is 11.8 Å². The largest absolute Gasteiger partial charge is 0.480 e. The van der Waals surface area contributed by atoms with E-state index in [0.29, 0.717) is 24.3 Å². The van der Waals surface area contributed by atoms with E-state index in [-0.39, 0.29) is 6.03 Å². The Kier molecular flexibility index (Phi) is 3.60. The molecule has 0 aromatic rings. The number of aliphatic carboxylic acids is 1. The minimum atomic E-state index is -0.872. The maximum Gasteiger partial charge on any atom is 0.327 e. The van der Waals surface area contributed by atoms with Crippen molar-refractivity contribution in [2.45, 2.75) is 37.8 Å². The van der Waals surface area contributed by atoms with Crippen LogP contribution in [0.2, 0.25) is 0 Å². The molecule has 1 unspecified atom stereocenters. The van der Waals surface area contributed by atoms with Crippen molar-refractivity contribution in [2.75, 3.05) is 24.6 Å². The second kappa shape index (κ2) is 5.23. The highest BCUT2D eigenvalue weighted by atomic mass is 32.2. The van der Waals surface area contributed by atoms with E-state index in [2.05, 4.69) is 0 Å². The molecule has 6 heteroatoms. The molecule has 106 valence electrons. The molecule has 3 fully saturated rings. The van der Waals surface area contributed by atoms with Crippen molar-refractivity contribution in [3.05, 3.63) is 0 Å². The van der Waals surface area contributed by atoms with E-state index in [1.807, 2.05) is 4.90 Å². The summed E-state index contributed by atoms with van der Waals surface area (Å²) >= 11 is 1.62. The van der Waals surface area contributed by atoms with Crippen molar-refractivity contribution in [1.29, 1.82) is 0 Å². The molecule has 2 aliphatic carbocycles. The summed E-state index contributed by atoms with van der Waals surface area (Å²) in [6.45, 7) is 1.40. The number of carbonyl (C=O) groups excluding carboxylic acids is 1. The normalized spacial score (nSPS) is 27.2. The lowest BCUT2D eigenvalue weighted by Crippen LogP contribution is -2.55. The zero-order chi connectivity index (χ0) is 13.4. The van der Waals surface area contributed by atoms with Gasteiger partial charge in [0.15, 0.2) is 0 Å². The predicted molar refractivity (Wildman–Crippen MR) is 73.3 cm³/mol. The van der Waals surface area contributed by atoms with Crippen LogP contribution in [0.25, 0.3) is 0 Å². The fraction of sp³-hybridized carbons (Fsp3) is 0.846. The Morgan fingerprint density at radius 1 is 1.26 bits per heavy atom. The van der Waals surface area contributed by atoms with Crippen LogP contribution in [0.15, 0.2) is 0 Å². The van der Waals surface area contributed by atoms with Gasteiger partial charge in [0.2, 0.25) is 0 Å². The molecule has 1 saturated heterocycles. The fourth-order valence-corrected chi connectivity index (χ4v) is 3.59. The summed E-state index contributed by atoms with van der Waals surface area (Å²) in [6.07, 6.45) is 4.60. The van der Waals surface area contributed by atoms with Gasteiger partial charge in [0.05, 0.1) is 0 Å². The molecule has 0 aromatic carbocycles. The van der Waals surface area contributed by atoms with Gasteiger partial charge in [-0.15, -0.1) is 0 Å². The van der Waals surface area contributed by atoms with Crippen molar-refractivity contribution in [3.8, 4) is 0 Å². The zero-order valence-electron chi connectivity index (χ0n) is 11.0. The maximum absolute atomic E-state index is 12.6. The Balaban J connectivity index is 1.69. The monoisotopic (exact) mass is 284 g/mol. The van der Waals surface area contributed by atoms with Crippen LogP contribution in [0.3, 0.4) is 0 Å². The van der Waals surface area contributed by atoms with E-state index in [1.54, 1.807) is 16.7 Å². The van der Waals surface area contributed by atoms with Crippen molar-refractivity contribution in [3.63, 3.8) is 0 Å². The minimum Gasteiger partial charge on any atom is -0.480 e. The molecule has 5 nitrogen and oxygen atoms in total. The maximum atomic E-state index is 12.6. The molecule has 0 bridgehead atoms. The molecule has 2 amide bonds. The van der Waals surface area contributed by atoms with Crippen LogP contribution in [-0.4, -0.2) is 63.6 Å². The average Bonchev–Trinajstić information content (AvgIpc) is 3.27. The number of rotatable bonds is 4. The third kappa shape index (κ3) is 2.99. The molecule has 2 saturated carbocycles. The molecule has 0 spiro atoms. The zero-order valence-corrected chi connectivity index (χ0v) is 11.8. The first-order chi connectivity index (χ1) is 9.16. The van der Waals surface area contributed by atoms with Crippen LogP contribution in [0.4, 0.5) is 4.79 Å². The van der Waals surface area contributed by atoms with Gasteiger partial charge >= 0.3 is 12.0 Å². The molecular formula is C13H20N2O3S.